The zero-order valence-electron chi connectivity index (χ0n) is 14.0. The summed E-state index contributed by atoms with van der Waals surface area (Å²) in [7, 11) is 1.75. The van der Waals surface area contributed by atoms with Gasteiger partial charge in [-0.2, -0.15) is 5.26 Å². The summed E-state index contributed by atoms with van der Waals surface area (Å²) in [5.41, 5.74) is 0.673. The molecule has 0 heterocycles. The molecule has 0 saturated heterocycles. The Hall–Kier alpha value is -1.76. The van der Waals surface area contributed by atoms with Crippen molar-refractivity contribution in [2.24, 2.45) is 11.3 Å². The first kappa shape index (κ1) is 16.1. The number of nitrogens with one attached hydrogen (secondary N) is 2. The predicted octanol–water partition coefficient (Wildman–Crippen LogP) is 3.18. The van der Waals surface area contributed by atoms with Crippen LogP contribution in [0.15, 0.2) is 23.9 Å². The van der Waals surface area contributed by atoms with E-state index in [2.05, 4.69) is 34.9 Å². The summed E-state index contributed by atoms with van der Waals surface area (Å²) < 4.78 is 0. The molecular formula is C19H27N3O. The topological polar surface area (TPSA) is 64.9 Å². The van der Waals surface area contributed by atoms with Gasteiger partial charge in [0.2, 0.25) is 5.91 Å². The molecule has 0 bridgehead atoms. The molecule has 4 heteroatoms. The maximum atomic E-state index is 12.1. The zero-order chi connectivity index (χ0) is 16.3. The fourth-order valence-electron chi connectivity index (χ4n) is 3.96. The molecule has 3 aliphatic carbocycles. The molecule has 2 N–H and O–H groups in total. The van der Waals surface area contributed by atoms with Gasteiger partial charge < -0.3 is 10.6 Å². The molecule has 0 radical (unpaired) electrons. The van der Waals surface area contributed by atoms with Crippen molar-refractivity contribution in [1.29, 1.82) is 5.26 Å². The van der Waals surface area contributed by atoms with Crippen molar-refractivity contribution in [3.63, 3.8) is 0 Å². The molecule has 0 aromatic carbocycles. The van der Waals surface area contributed by atoms with E-state index in [1.54, 1.807) is 7.05 Å². The molecule has 1 unspecified atom stereocenters. The summed E-state index contributed by atoms with van der Waals surface area (Å²) in [6, 6.07) is 2.42. The third-order valence-electron chi connectivity index (χ3n) is 6.01. The van der Waals surface area contributed by atoms with Crippen molar-refractivity contribution >= 4 is 5.91 Å². The van der Waals surface area contributed by atoms with Crippen molar-refractivity contribution in [2.75, 3.05) is 7.05 Å². The van der Waals surface area contributed by atoms with Crippen LogP contribution < -0.4 is 10.6 Å². The molecule has 0 aromatic rings. The summed E-state index contributed by atoms with van der Waals surface area (Å²) in [6.07, 6.45) is 15.9. The number of amides is 1. The highest BCUT2D eigenvalue weighted by Crippen LogP contribution is 2.46. The van der Waals surface area contributed by atoms with Gasteiger partial charge in [-0.15, -0.1) is 0 Å². The molecule has 4 nitrogen and oxygen atoms in total. The molecule has 0 aromatic heterocycles. The molecule has 2 saturated carbocycles. The van der Waals surface area contributed by atoms with Crippen LogP contribution in [-0.2, 0) is 4.79 Å². The predicted molar refractivity (Wildman–Crippen MR) is 90.2 cm³/mol. The largest absolute Gasteiger partial charge is 0.368 e. The number of hydrogen-bond donors (Lipinski definition) is 2. The maximum absolute atomic E-state index is 12.1. The number of hydrogen-bond acceptors (Lipinski definition) is 3. The van der Waals surface area contributed by atoms with E-state index in [0.717, 1.165) is 57.1 Å². The number of nitrogens with zero attached hydrogens (tertiary/aromatic N) is 1. The second-order valence-electron chi connectivity index (χ2n) is 7.44. The fraction of sp³-hybridized carbons (Fsp3) is 0.684. The normalized spacial score (nSPS) is 27.0. The Morgan fingerprint density at radius 2 is 2.09 bits per heavy atom. The van der Waals surface area contributed by atoms with E-state index < -0.39 is 0 Å². The van der Waals surface area contributed by atoms with Gasteiger partial charge in [0, 0.05) is 18.2 Å². The first-order valence-electron chi connectivity index (χ1n) is 8.91. The Labute approximate surface area is 139 Å². The van der Waals surface area contributed by atoms with Gasteiger partial charge in [0.05, 0.1) is 6.07 Å². The lowest BCUT2D eigenvalue weighted by atomic mass is 9.64. The van der Waals surface area contributed by atoms with E-state index in [-0.39, 0.29) is 16.9 Å². The zero-order valence-corrected chi connectivity index (χ0v) is 14.0. The molecule has 23 heavy (non-hydrogen) atoms. The van der Waals surface area contributed by atoms with Gasteiger partial charge >= 0.3 is 0 Å². The number of allylic oxidation sites excluding steroid dienone is 3. The first-order chi connectivity index (χ1) is 11.1. The monoisotopic (exact) mass is 313 g/mol. The van der Waals surface area contributed by atoms with Crippen LogP contribution in [0.5, 0.6) is 0 Å². The van der Waals surface area contributed by atoms with Crippen molar-refractivity contribution in [1.82, 2.24) is 10.6 Å². The van der Waals surface area contributed by atoms with Gasteiger partial charge in [0.1, 0.15) is 5.54 Å². The lowest BCUT2D eigenvalue weighted by Crippen LogP contribution is -2.49. The van der Waals surface area contributed by atoms with Crippen LogP contribution in [0.1, 0.15) is 57.8 Å². The minimum absolute atomic E-state index is 0.0956. The molecule has 1 atom stereocenters. The molecule has 3 rings (SSSR count). The standard InChI is InChI=1S/C19H27N3O/c1-21-17(23)18(9-2-10-18)13-8-15-4-6-16(7-5-15)22-19(14-20)11-3-12-19/h4,6-7,15,22H,2-3,5,8-13H2,1H3,(H,21,23). The molecule has 3 aliphatic rings. The first-order valence-corrected chi connectivity index (χ1v) is 8.91. The van der Waals surface area contributed by atoms with Crippen molar-refractivity contribution in [3.05, 3.63) is 23.9 Å². The summed E-state index contributed by atoms with van der Waals surface area (Å²) in [4.78, 5) is 12.1. The Morgan fingerprint density at radius 3 is 2.52 bits per heavy atom. The number of carbonyl (C=O) groups is 1. The van der Waals surface area contributed by atoms with Crippen molar-refractivity contribution in [3.8, 4) is 6.07 Å². The second-order valence-corrected chi connectivity index (χ2v) is 7.44. The van der Waals surface area contributed by atoms with Crippen LogP contribution in [0.3, 0.4) is 0 Å². The maximum Gasteiger partial charge on any atom is 0.225 e. The van der Waals surface area contributed by atoms with E-state index in [4.69, 9.17) is 0 Å². The van der Waals surface area contributed by atoms with Crippen LogP contribution in [0.25, 0.3) is 0 Å². The van der Waals surface area contributed by atoms with E-state index in [1.165, 1.54) is 6.42 Å². The summed E-state index contributed by atoms with van der Waals surface area (Å²) >= 11 is 0. The van der Waals surface area contributed by atoms with Crippen molar-refractivity contribution < 1.29 is 4.79 Å². The molecule has 0 spiro atoms. The van der Waals surface area contributed by atoms with Gasteiger partial charge in [-0.1, -0.05) is 18.6 Å². The summed E-state index contributed by atoms with van der Waals surface area (Å²) in [5, 5.41) is 15.5. The Kier molecular flexibility index (Phi) is 4.48. The van der Waals surface area contributed by atoms with E-state index in [9.17, 15) is 10.1 Å². The third kappa shape index (κ3) is 3.15. The summed E-state index contributed by atoms with van der Waals surface area (Å²) in [5.74, 6) is 0.740. The number of rotatable bonds is 6. The average Bonchev–Trinajstić information content (AvgIpc) is 2.51. The summed E-state index contributed by atoms with van der Waals surface area (Å²) in [6.45, 7) is 0. The van der Waals surface area contributed by atoms with Crippen molar-refractivity contribution in [2.45, 2.75) is 63.3 Å². The van der Waals surface area contributed by atoms with Crippen LogP contribution in [0, 0.1) is 22.7 Å². The van der Waals surface area contributed by atoms with E-state index >= 15 is 0 Å². The van der Waals surface area contributed by atoms with Crippen LogP contribution in [0.2, 0.25) is 0 Å². The Bertz CT molecular complexity index is 562. The van der Waals surface area contributed by atoms with Crippen LogP contribution in [-0.4, -0.2) is 18.5 Å². The highest BCUT2D eigenvalue weighted by Gasteiger charge is 2.43. The van der Waals surface area contributed by atoms with Gasteiger partial charge in [0.15, 0.2) is 0 Å². The molecule has 0 aliphatic heterocycles. The number of nitriles is 1. The van der Waals surface area contributed by atoms with Gasteiger partial charge in [-0.3, -0.25) is 4.79 Å². The molecule has 124 valence electrons. The third-order valence-corrected chi connectivity index (χ3v) is 6.01. The second kappa shape index (κ2) is 6.39. The minimum atomic E-state index is -0.321. The Balaban J connectivity index is 1.49. The van der Waals surface area contributed by atoms with Gasteiger partial charge in [-0.05, 0) is 63.4 Å². The van der Waals surface area contributed by atoms with E-state index in [0.29, 0.717) is 5.92 Å². The van der Waals surface area contributed by atoms with Gasteiger partial charge in [-0.25, -0.2) is 0 Å². The highest BCUT2D eigenvalue weighted by atomic mass is 16.2. The molecular weight excluding hydrogens is 286 g/mol. The quantitative estimate of drug-likeness (QED) is 0.791. The van der Waals surface area contributed by atoms with Crippen LogP contribution >= 0.6 is 0 Å². The highest BCUT2D eigenvalue weighted by molar-refractivity contribution is 5.83. The fourth-order valence-corrected chi connectivity index (χ4v) is 3.96. The average molecular weight is 313 g/mol. The minimum Gasteiger partial charge on any atom is -0.368 e. The SMILES string of the molecule is CNC(=O)C1(CCC2C=CC(NC3(C#N)CCC3)=CC2)CCC1. The van der Waals surface area contributed by atoms with E-state index in [1.807, 2.05) is 0 Å². The van der Waals surface area contributed by atoms with Crippen LogP contribution in [0.4, 0.5) is 0 Å². The lowest BCUT2D eigenvalue weighted by Gasteiger charge is -2.41. The number of carbonyl (C=O) groups excluding carboxylic acids is 1. The lowest BCUT2D eigenvalue weighted by molar-refractivity contribution is -0.136. The molecule has 2 fully saturated rings. The smallest absolute Gasteiger partial charge is 0.225 e. The Morgan fingerprint density at radius 1 is 1.35 bits per heavy atom. The van der Waals surface area contributed by atoms with Gasteiger partial charge in [0.25, 0.3) is 0 Å². The molecule has 1 amide bonds.